The van der Waals surface area contributed by atoms with Gasteiger partial charge in [-0.3, -0.25) is 9.59 Å². The predicted molar refractivity (Wildman–Crippen MR) is 124 cm³/mol. The fourth-order valence-electron chi connectivity index (χ4n) is 5.10. The van der Waals surface area contributed by atoms with E-state index in [9.17, 15) is 9.59 Å². The number of carbonyl (C=O) groups is 1. The van der Waals surface area contributed by atoms with Crippen molar-refractivity contribution in [1.82, 2.24) is 19.6 Å². The lowest BCUT2D eigenvalue weighted by molar-refractivity contribution is -0.134. The Balaban J connectivity index is 1.17. The highest BCUT2D eigenvalue weighted by molar-refractivity contribution is 5.76. The van der Waals surface area contributed by atoms with Crippen molar-refractivity contribution in [3.63, 3.8) is 0 Å². The van der Waals surface area contributed by atoms with E-state index in [0.717, 1.165) is 17.7 Å². The molecule has 0 unspecified atom stereocenters. The van der Waals surface area contributed by atoms with Crippen LogP contribution in [0.1, 0.15) is 36.8 Å². The molecule has 34 heavy (non-hydrogen) atoms. The van der Waals surface area contributed by atoms with E-state index in [1.165, 1.54) is 0 Å². The largest absolute Gasteiger partial charge is 0.493 e. The number of piperidine rings is 1. The second-order valence-electron chi connectivity index (χ2n) is 8.93. The molecule has 2 atom stereocenters. The number of carbonyl (C=O) groups excluding carboxylic acids is 1. The highest BCUT2D eigenvalue weighted by Gasteiger charge is 2.35. The third-order valence-electron chi connectivity index (χ3n) is 6.72. The summed E-state index contributed by atoms with van der Waals surface area (Å²) in [5.74, 6) is 2.89. The van der Waals surface area contributed by atoms with Crippen LogP contribution in [0.4, 0.5) is 0 Å². The van der Waals surface area contributed by atoms with Crippen molar-refractivity contribution >= 4 is 5.91 Å². The van der Waals surface area contributed by atoms with Crippen LogP contribution < -0.4 is 15.0 Å². The number of aromatic nitrogens is 3. The average molecular weight is 465 g/mol. The fourth-order valence-corrected chi connectivity index (χ4v) is 5.10. The summed E-state index contributed by atoms with van der Waals surface area (Å²) >= 11 is 0. The molecule has 1 saturated heterocycles. The highest BCUT2D eigenvalue weighted by atomic mass is 16.5. The maximum atomic E-state index is 12.9. The topological polar surface area (TPSA) is 99.7 Å². The van der Waals surface area contributed by atoms with Crippen molar-refractivity contribution in [3.8, 4) is 22.9 Å². The Bertz CT molecular complexity index is 1250. The first-order valence-corrected chi connectivity index (χ1v) is 11.6. The van der Waals surface area contributed by atoms with E-state index in [4.69, 9.17) is 14.0 Å². The van der Waals surface area contributed by atoms with E-state index in [2.05, 4.69) is 10.1 Å². The number of nitrogens with zero attached hydrogens (tertiary/aromatic N) is 4. The SMILES string of the molecule is COc1ccc(-c2noc(CCCC(=O)N3C[C@H]4C[C@H](C3)c3cccc(=O)n3C4)n2)cc1OC. The smallest absolute Gasteiger partial charge is 0.250 e. The van der Waals surface area contributed by atoms with Gasteiger partial charge in [0.1, 0.15) is 0 Å². The Hall–Kier alpha value is -3.62. The number of pyridine rings is 1. The molecule has 0 aliphatic carbocycles. The quantitative estimate of drug-likeness (QED) is 0.530. The van der Waals surface area contributed by atoms with Crippen molar-refractivity contribution in [2.75, 3.05) is 27.3 Å². The molecule has 2 aliphatic rings. The molecular weight excluding hydrogens is 436 g/mol. The standard InChI is InChI=1S/C25H28N4O5/c1-32-20-10-9-17(12-21(20)33-2)25-26-22(34-27-25)6-4-7-23(30)28-13-16-11-18(15-28)19-5-3-8-24(31)29(19)14-16/h3,5,8-10,12,16,18H,4,6-7,11,13-15H2,1-2H3/t16-,18-/m1/s1. The van der Waals surface area contributed by atoms with Crippen molar-refractivity contribution in [1.29, 1.82) is 0 Å². The predicted octanol–water partition coefficient (Wildman–Crippen LogP) is 2.88. The van der Waals surface area contributed by atoms with E-state index in [0.29, 0.717) is 68.0 Å². The van der Waals surface area contributed by atoms with Gasteiger partial charge in [0, 0.05) is 55.7 Å². The van der Waals surface area contributed by atoms with Gasteiger partial charge < -0.3 is 23.5 Å². The Labute approximate surface area is 197 Å². The van der Waals surface area contributed by atoms with Crippen molar-refractivity contribution < 1.29 is 18.8 Å². The number of ether oxygens (including phenoxy) is 2. The normalized spacial score (nSPS) is 18.9. The lowest BCUT2D eigenvalue weighted by Crippen LogP contribution is -2.49. The third-order valence-corrected chi connectivity index (χ3v) is 6.72. The molecule has 0 radical (unpaired) electrons. The number of hydrogen-bond donors (Lipinski definition) is 0. The monoisotopic (exact) mass is 464 g/mol. The number of benzene rings is 1. The van der Waals surface area contributed by atoms with Crippen LogP contribution in [-0.4, -0.2) is 52.8 Å². The van der Waals surface area contributed by atoms with Gasteiger partial charge >= 0.3 is 0 Å². The number of aryl methyl sites for hydroxylation is 1. The fraction of sp³-hybridized carbons (Fsp3) is 0.440. The minimum atomic E-state index is 0.0546. The lowest BCUT2D eigenvalue weighted by atomic mass is 9.83. The zero-order valence-corrected chi connectivity index (χ0v) is 19.4. The molecule has 5 rings (SSSR count). The second kappa shape index (κ2) is 9.32. The lowest BCUT2D eigenvalue weighted by Gasteiger charge is -2.42. The number of rotatable bonds is 7. The number of hydrogen-bond acceptors (Lipinski definition) is 7. The van der Waals surface area contributed by atoms with Crippen LogP contribution in [0.5, 0.6) is 11.5 Å². The molecule has 2 bridgehead atoms. The van der Waals surface area contributed by atoms with Gasteiger partial charge in [0.2, 0.25) is 17.6 Å². The van der Waals surface area contributed by atoms with E-state index in [-0.39, 0.29) is 17.4 Å². The molecule has 9 heteroatoms. The number of likely N-dealkylation sites (tertiary alicyclic amines) is 1. The van der Waals surface area contributed by atoms with Gasteiger partial charge in [-0.2, -0.15) is 4.98 Å². The summed E-state index contributed by atoms with van der Waals surface area (Å²) in [5, 5.41) is 4.07. The van der Waals surface area contributed by atoms with Gasteiger partial charge in [-0.25, -0.2) is 0 Å². The van der Waals surface area contributed by atoms with Gasteiger partial charge in [0.25, 0.3) is 5.56 Å². The molecule has 178 valence electrons. The van der Waals surface area contributed by atoms with Crippen molar-refractivity contribution in [2.24, 2.45) is 5.92 Å². The number of amides is 1. The van der Waals surface area contributed by atoms with Crippen LogP contribution in [0.2, 0.25) is 0 Å². The number of fused-ring (bicyclic) bond motifs is 4. The van der Waals surface area contributed by atoms with Gasteiger partial charge in [-0.1, -0.05) is 11.2 Å². The molecule has 1 amide bonds. The molecule has 3 aromatic rings. The Morgan fingerprint density at radius 1 is 1.12 bits per heavy atom. The molecular formula is C25H28N4O5. The first kappa shape index (κ1) is 22.2. The molecule has 0 saturated carbocycles. The van der Waals surface area contributed by atoms with Gasteiger partial charge in [0.05, 0.1) is 14.2 Å². The second-order valence-corrected chi connectivity index (χ2v) is 8.93. The maximum Gasteiger partial charge on any atom is 0.250 e. The molecule has 1 fully saturated rings. The van der Waals surface area contributed by atoms with E-state index < -0.39 is 0 Å². The summed E-state index contributed by atoms with van der Waals surface area (Å²) in [6.07, 6.45) is 2.63. The molecule has 0 N–H and O–H groups in total. The first-order chi connectivity index (χ1) is 16.6. The molecule has 1 aromatic carbocycles. The Morgan fingerprint density at radius 2 is 1.97 bits per heavy atom. The first-order valence-electron chi connectivity index (χ1n) is 11.6. The summed E-state index contributed by atoms with van der Waals surface area (Å²) in [6.45, 7) is 2.07. The van der Waals surface area contributed by atoms with E-state index in [1.807, 2.05) is 27.7 Å². The van der Waals surface area contributed by atoms with Crippen LogP contribution >= 0.6 is 0 Å². The van der Waals surface area contributed by atoms with Gasteiger partial charge in [0.15, 0.2) is 11.5 Å². The minimum absolute atomic E-state index is 0.0546. The average Bonchev–Trinajstić information content (AvgIpc) is 3.33. The summed E-state index contributed by atoms with van der Waals surface area (Å²) in [4.78, 5) is 31.5. The van der Waals surface area contributed by atoms with Gasteiger partial charge in [-0.05, 0) is 43.0 Å². The van der Waals surface area contributed by atoms with Crippen LogP contribution in [0, 0.1) is 5.92 Å². The van der Waals surface area contributed by atoms with E-state index >= 15 is 0 Å². The van der Waals surface area contributed by atoms with Crippen LogP contribution in [0.15, 0.2) is 45.7 Å². The Morgan fingerprint density at radius 3 is 2.79 bits per heavy atom. The summed E-state index contributed by atoms with van der Waals surface area (Å²) in [5.41, 5.74) is 1.87. The minimum Gasteiger partial charge on any atom is -0.493 e. The number of methoxy groups -OCH3 is 2. The van der Waals surface area contributed by atoms with Crippen molar-refractivity contribution in [3.05, 3.63) is 58.3 Å². The summed E-state index contributed by atoms with van der Waals surface area (Å²) in [6, 6.07) is 10.9. The third kappa shape index (κ3) is 4.30. The molecule has 2 aliphatic heterocycles. The Kier molecular flexibility index (Phi) is 6.08. The van der Waals surface area contributed by atoms with Crippen LogP contribution in [-0.2, 0) is 17.8 Å². The molecule has 4 heterocycles. The molecule has 0 spiro atoms. The maximum absolute atomic E-state index is 12.9. The zero-order chi connectivity index (χ0) is 23.7. The molecule has 9 nitrogen and oxygen atoms in total. The van der Waals surface area contributed by atoms with E-state index in [1.54, 1.807) is 32.4 Å². The van der Waals surface area contributed by atoms with Crippen LogP contribution in [0.25, 0.3) is 11.4 Å². The van der Waals surface area contributed by atoms with Gasteiger partial charge in [-0.15, -0.1) is 0 Å². The van der Waals surface area contributed by atoms with Crippen molar-refractivity contribution in [2.45, 2.75) is 38.1 Å². The molecule has 2 aromatic heterocycles. The summed E-state index contributed by atoms with van der Waals surface area (Å²) in [7, 11) is 3.16. The zero-order valence-electron chi connectivity index (χ0n) is 19.4. The highest BCUT2D eigenvalue weighted by Crippen LogP contribution is 2.35. The van der Waals surface area contributed by atoms with Crippen LogP contribution in [0.3, 0.4) is 0 Å². The summed E-state index contributed by atoms with van der Waals surface area (Å²) < 4.78 is 17.9.